The summed E-state index contributed by atoms with van der Waals surface area (Å²) in [6.07, 6.45) is 0.821. The first kappa shape index (κ1) is 25.7. The summed E-state index contributed by atoms with van der Waals surface area (Å²) in [5, 5.41) is 24.0. The number of aromatic hydroxyl groups is 2. The molecule has 0 aromatic heterocycles. The molecular formula is C32H38N2O2. The molecule has 0 fully saturated rings. The molecule has 4 rings (SSSR count). The number of likely N-dealkylation sites (N-methyl/N-ethyl adjacent to an activating group) is 2. The Bertz CT molecular complexity index is 1360. The molecule has 2 N–H and O–H groups in total. The van der Waals surface area contributed by atoms with Crippen LogP contribution in [0, 0.1) is 20.8 Å². The second-order valence-electron chi connectivity index (χ2n) is 10.2. The van der Waals surface area contributed by atoms with Gasteiger partial charge in [-0.3, -0.25) is 0 Å². The molecule has 0 heterocycles. The summed E-state index contributed by atoms with van der Waals surface area (Å²) >= 11 is 0. The van der Waals surface area contributed by atoms with E-state index < -0.39 is 0 Å². The van der Waals surface area contributed by atoms with Gasteiger partial charge in [0.15, 0.2) is 0 Å². The molecule has 0 saturated carbocycles. The van der Waals surface area contributed by atoms with Crippen LogP contribution in [0.5, 0.6) is 11.5 Å². The summed E-state index contributed by atoms with van der Waals surface area (Å²) in [5.41, 5.74) is 7.18. The smallest absolute Gasteiger partial charge is 0.127 e. The molecule has 0 atom stereocenters. The van der Waals surface area contributed by atoms with Gasteiger partial charge in [0.05, 0.1) is 0 Å². The summed E-state index contributed by atoms with van der Waals surface area (Å²) in [5.74, 6) is 0.783. The standard InChI is InChI=1S/C32H38N2O2/c1-22-17-24(3)31(35)26(18-22)13-14-33(4)15-16-34(5)21-27-19-23(2)20-30(32(27)36)29-12-8-10-25-9-6-7-11-28(25)29/h6-12,17-20,35-36H,13-16,21H2,1-5H3. The molecule has 4 nitrogen and oxygen atoms in total. The molecule has 188 valence electrons. The van der Waals surface area contributed by atoms with Crippen LogP contribution in [0.1, 0.15) is 27.8 Å². The molecule has 0 amide bonds. The van der Waals surface area contributed by atoms with Gasteiger partial charge in [-0.2, -0.15) is 0 Å². The average Bonchev–Trinajstić information content (AvgIpc) is 2.85. The van der Waals surface area contributed by atoms with Crippen molar-refractivity contribution in [3.8, 4) is 22.6 Å². The van der Waals surface area contributed by atoms with Crippen molar-refractivity contribution in [3.63, 3.8) is 0 Å². The molecule has 0 radical (unpaired) electrons. The zero-order valence-corrected chi connectivity index (χ0v) is 22.2. The lowest BCUT2D eigenvalue weighted by molar-refractivity contribution is 0.251. The average molecular weight is 483 g/mol. The van der Waals surface area contributed by atoms with E-state index >= 15 is 0 Å². The van der Waals surface area contributed by atoms with Gasteiger partial charge in [0.1, 0.15) is 11.5 Å². The molecular weight excluding hydrogens is 444 g/mol. The summed E-state index contributed by atoms with van der Waals surface area (Å²) in [4.78, 5) is 4.55. The Morgan fingerprint density at radius 2 is 1.31 bits per heavy atom. The maximum atomic E-state index is 11.3. The minimum atomic E-state index is 0.363. The molecule has 0 aliphatic carbocycles. The van der Waals surface area contributed by atoms with E-state index in [2.05, 4.69) is 86.3 Å². The van der Waals surface area contributed by atoms with Gasteiger partial charge in [0, 0.05) is 37.3 Å². The molecule has 0 bridgehead atoms. The SMILES string of the molecule is Cc1cc(C)c(O)c(CCN(C)CCN(C)Cc2cc(C)cc(-c3cccc4ccccc34)c2O)c1. The number of rotatable bonds is 9. The quantitative estimate of drug-likeness (QED) is 0.288. The number of aryl methyl sites for hydroxylation is 3. The van der Waals surface area contributed by atoms with Crippen LogP contribution >= 0.6 is 0 Å². The first-order valence-corrected chi connectivity index (χ1v) is 12.7. The highest BCUT2D eigenvalue weighted by Crippen LogP contribution is 2.38. The molecule has 4 heteroatoms. The lowest BCUT2D eigenvalue weighted by atomic mass is 9.94. The van der Waals surface area contributed by atoms with E-state index in [-0.39, 0.29) is 0 Å². The molecule has 0 aliphatic rings. The van der Waals surface area contributed by atoms with E-state index in [1.54, 1.807) is 0 Å². The predicted molar refractivity (Wildman–Crippen MR) is 151 cm³/mol. The van der Waals surface area contributed by atoms with Gasteiger partial charge in [0.2, 0.25) is 0 Å². The Labute approximate surface area is 215 Å². The van der Waals surface area contributed by atoms with Gasteiger partial charge in [0.25, 0.3) is 0 Å². The van der Waals surface area contributed by atoms with E-state index in [0.29, 0.717) is 18.0 Å². The van der Waals surface area contributed by atoms with Crippen molar-refractivity contribution in [1.82, 2.24) is 9.80 Å². The van der Waals surface area contributed by atoms with Gasteiger partial charge < -0.3 is 20.0 Å². The van der Waals surface area contributed by atoms with E-state index in [0.717, 1.165) is 64.8 Å². The summed E-state index contributed by atoms with van der Waals surface area (Å²) in [6, 6.07) is 22.8. The van der Waals surface area contributed by atoms with Crippen molar-refractivity contribution in [1.29, 1.82) is 0 Å². The van der Waals surface area contributed by atoms with Crippen LogP contribution in [0.25, 0.3) is 21.9 Å². The fourth-order valence-electron chi connectivity index (χ4n) is 5.01. The maximum absolute atomic E-state index is 11.3. The van der Waals surface area contributed by atoms with Crippen LogP contribution in [0.15, 0.2) is 66.7 Å². The van der Waals surface area contributed by atoms with Crippen LogP contribution in [0.3, 0.4) is 0 Å². The number of phenols is 2. The van der Waals surface area contributed by atoms with Crippen molar-refractivity contribution in [2.24, 2.45) is 0 Å². The fourth-order valence-corrected chi connectivity index (χ4v) is 5.01. The highest BCUT2D eigenvalue weighted by Gasteiger charge is 2.15. The van der Waals surface area contributed by atoms with Crippen LogP contribution in [0.2, 0.25) is 0 Å². The van der Waals surface area contributed by atoms with Crippen molar-refractivity contribution in [3.05, 3.63) is 94.5 Å². The zero-order chi connectivity index (χ0) is 25.8. The van der Waals surface area contributed by atoms with E-state index in [1.165, 1.54) is 10.9 Å². The molecule has 0 saturated heterocycles. The number of phenolic OH excluding ortho intramolecular Hbond substituents is 2. The van der Waals surface area contributed by atoms with Gasteiger partial charge in [-0.1, -0.05) is 66.2 Å². The van der Waals surface area contributed by atoms with Crippen LogP contribution in [0.4, 0.5) is 0 Å². The number of hydrogen-bond acceptors (Lipinski definition) is 4. The topological polar surface area (TPSA) is 46.9 Å². The summed E-state index contributed by atoms with van der Waals surface area (Å²) in [7, 11) is 4.22. The summed E-state index contributed by atoms with van der Waals surface area (Å²) in [6.45, 7) is 9.46. The highest BCUT2D eigenvalue weighted by molar-refractivity contribution is 5.98. The molecule has 36 heavy (non-hydrogen) atoms. The molecule has 0 unspecified atom stereocenters. The highest BCUT2D eigenvalue weighted by atomic mass is 16.3. The zero-order valence-electron chi connectivity index (χ0n) is 22.2. The number of benzene rings is 4. The Kier molecular flexibility index (Phi) is 7.97. The Hall–Kier alpha value is -3.34. The van der Waals surface area contributed by atoms with Gasteiger partial charge in [-0.15, -0.1) is 0 Å². The lowest BCUT2D eigenvalue weighted by Gasteiger charge is -2.23. The molecule has 0 spiro atoms. The predicted octanol–water partition coefficient (Wildman–Crippen LogP) is 6.45. The van der Waals surface area contributed by atoms with Crippen LogP contribution in [-0.4, -0.2) is 53.7 Å². The second kappa shape index (κ2) is 11.2. The third-order valence-electron chi connectivity index (χ3n) is 7.00. The monoisotopic (exact) mass is 482 g/mol. The minimum Gasteiger partial charge on any atom is -0.507 e. The van der Waals surface area contributed by atoms with E-state index in [4.69, 9.17) is 0 Å². The van der Waals surface area contributed by atoms with E-state index in [9.17, 15) is 10.2 Å². The van der Waals surface area contributed by atoms with Crippen molar-refractivity contribution < 1.29 is 10.2 Å². The molecule has 4 aromatic rings. The third kappa shape index (κ3) is 5.89. The lowest BCUT2D eigenvalue weighted by Crippen LogP contribution is -2.31. The Morgan fingerprint density at radius 3 is 2.11 bits per heavy atom. The Morgan fingerprint density at radius 1 is 0.639 bits per heavy atom. The van der Waals surface area contributed by atoms with Gasteiger partial charge in [-0.05, 0) is 80.4 Å². The van der Waals surface area contributed by atoms with Crippen molar-refractivity contribution >= 4 is 10.8 Å². The minimum absolute atomic E-state index is 0.363. The Balaban J connectivity index is 1.41. The van der Waals surface area contributed by atoms with Gasteiger partial charge in [-0.25, -0.2) is 0 Å². The fraction of sp³-hybridized carbons (Fsp3) is 0.312. The van der Waals surface area contributed by atoms with Crippen LogP contribution in [-0.2, 0) is 13.0 Å². The van der Waals surface area contributed by atoms with Crippen LogP contribution < -0.4 is 0 Å². The van der Waals surface area contributed by atoms with Gasteiger partial charge >= 0.3 is 0 Å². The third-order valence-corrected chi connectivity index (χ3v) is 7.00. The van der Waals surface area contributed by atoms with E-state index in [1.807, 2.05) is 25.1 Å². The summed E-state index contributed by atoms with van der Waals surface area (Å²) < 4.78 is 0. The van der Waals surface area contributed by atoms with Crippen molar-refractivity contribution in [2.45, 2.75) is 33.7 Å². The first-order valence-electron chi connectivity index (χ1n) is 12.7. The largest absolute Gasteiger partial charge is 0.507 e. The number of hydrogen-bond donors (Lipinski definition) is 2. The number of fused-ring (bicyclic) bond motifs is 1. The maximum Gasteiger partial charge on any atom is 0.127 e. The number of nitrogens with zero attached hydrogens (tertiary/aromatic N) is 2. The molecule has 0 aliphatic heterocycles. The van der Waals surface area contributed by atoms with Crippen molar-refractivity contribution in [2.75, 3.05) is 33.7 Å². The second-order valence-corrected chi connectivity index (χ2v) is 10.2. The first-order chi connectivity index (χ1) is 17.2. The normalized spacial score (nSPS) is 11.6. The molecule has 4 aromatic carbocycles.